The molecule has 1 amide bonds. The number of amides is 1. The number of hydrogen-bond donors (Lipinski definition) is 4. The number of piperidine rings is 1. The Kier molecular flexibility index (Phi) is 11.6. The highest BCUT2D eigenvalue weighted by atomic mass is 35.5. The lowest BCUT2D eigenvalue weighted by Crippen LogP contribution is -2.41. The maximum Gasteiger partial charge on any atom is 0.430 e. The van der Waals surface area contributed by atoms with Gasteiger partial charge >= 0.3 is 12.3 Å². The second-order valence-electron chi connectivity index (χ2n) is 11.8. The largest absolute Gasteiger partial charge is 0.430 e. The van der Waals surface area contributed by atoms with Crippen molar-refractivity contribution in [1.82, 2.24) is 24.6 Å². The number of halogens is 5. The first kappa shape index (κ1) is 34.8. The van der Waals surface area contributed by atoms with Gasteiger partial charge in [0.1, 0.15) is 0 Å². The molecule has 1 aliphatic heterocycles. The lowest BCUT2D eigenvalue weighted by molar-refractivity contribution is -0.137. The minimum absolute atomic E-state index is 0. The third-order valence-electron chi connectivity index (χ3n) is 8.69. The summed E-state index contributed by atoms with van der Waals surface area (Å²) in [7, 11) is 0. The number of carbonyl (C=O) groups is 1. The van der Waals surface area contributed by atoms with Crippen molar-refractivity contribution in [2.24, 2.45) is 5.73 Å². The summed E-state index contributed by atoms with van der Waals surface area (Å²) in [5, 5.41) is 11.0. The molecule has 3 aromatic rings. The zero-order valence-electron chi connectivity index (χ0n) is 24.8. The van der Waals surface area contributed by atoms with Crippen molar-refractivity contribution in [3.8, 4) is 0 Å². The Balaban J connectivity index is 0.00000230. The average molecular weight is 675 g/mol. The van der Waals surface area contributed by atoms with Gasteiger partial charge < -0.3 is 25.8 Å². The van der Waals surface area contributed by atoms with Crippen molar-refractivity contribution in [2.75, 3.05) is 29.0 Å². The summed E-state index contributed by atoms with van der Waals surface area (Å²) in [6.45, 7) is 0.901. The van der Waals surface area contributed by atoms with Crippen LogP contribution in [0.2, 0.25) is 0 Å². The molecule has 2 saturated carbocycles. The van der Waals surface area contributed by atoms with E-state index in [1.165, 1.54) is 30.0 Å². The SMILES string of the molecule is Cl.Cl.NC1CCC(Nc2nc(NC3CCN(OC(=O)Nc4cccc(C(F)(F)F)c4)CC3)c3ncn(C4CCCC4)c3n2)CC1. The molecule has 2 aromatic heterocycles. The van der Waals surface area contributed by atoms with E-state index in [1.54, 1.807) is 0 Å². The standard InChI is InChI=1S/C29H38F3N9O2.2ClH/c30-29(31,32)18-4-3-5-22(16-18)37-28(42)43-40-14-12-21(13-15-40)35-25-24-26(41(17-34-24)23-6-1-2-7-23)39-27(38-25)36-20-10-8-19(33)9-11-20;;/h3-5,16-17,19-21,23H,1-2,6-15,33H2,(H,37,42)(H2,35,36,38,39);2*1H. The number of benzene rings is 1. The van der Waals surface area contributed by atoms with Gasteiger partial charge in [0.25, 0.3) is 0 Å². The van der Waals surface area contributed by atoms with Crippen LogP contribution in [0.1, 0.15) is 75.8 Å². The third kappa shape index (κ3) is 8.60. The Bertz CT molecular complexity index is 1420. The van der Waals surface area contributed by atoms with Gasteiger partial charge in [-0.2, -0.15) is 23.1 Å². The van der Waals surface area contributed by atoms with Crippen LogP contribution in [0.3, 0.4) is 0 Å². The van der Waals surface area contributed by atoms with E-state index in [4.69, 9.17) is 25.5 Å². The van der Waals surface area contributed by atoms with Crippen LogP contribution >= 0.6 is 24.8 Å². The number of hydrogen-bond acceptors (Lipinski definition) is 9. The van der Waals surface area contributed by atoms with Gasteiger partial charge in [-0.25, -0.2) is 9.78 Å². The molecular weight excluding hydrogens is 634 g/mol. The molecule has 0 radical (unpaired) electrons. The van der Waals surface area contributed by atoms with Crippen LogP contribution in [0.15, 0.2) is 30.6 Å². The van der Waals surface area contributed by atoms with Gasteiger partial charge in [0, 0.05) is 42.9 Å². The van der Waals surface area contributed by atoms with Gasteiger partial charge in [0.2, 0.25) is 5.95 Å². The van der Waals surface area contributed by atoms with E-state index in [2.05, 4.69) is 20.5 Å². The minimum Gasteiger partial charge on any atom is -0.365 e. The van der Waals surface area contributed by atoms with E-state index in [-0.39, 0.29) is 48.6 Å². The summed E-state index contributed by atoms with van der Waals surface area (Å²) < 4.78 is 41.2. The van der Waals surface area contributed by atoms with Crippen molar-refractivity contribution >= 4 is 59.5 Å². The Labute approximate surface area is 272 Å². The number of anilines is 3. The fourth-order valence-electron chi connectivity index (χ4n) is 6.29. The van der Waals surface area contributed by atoms with Crippen molar-refractivity contribution in [3.63, 3.8) is 0 Å². The summed E-state index contributed by atoms with van der Waals surface area (Å²) in [5.74, 6) is 1.26. The molecule has 1 aromatic carbocycles. The van der Waals surface area contributed by atoms with E-state index in [9.17, 15) is 18.0 Å². The molecule has 16 heteroatoms. The molecule has 248 valence electrons. The summed E-state index contributed by atoms with van der Waals surface area (Å²) in [6.07, 6.45) is 6.41. The number of imidazole rings is 1. The number of nitrogens with zero attached hydrogens (tertiary/aromatic N) is 5. The molecule has 0 bridgehead atoms. The van der Waals surface area contributed by atoms with Gasteiger partial charge in [0.05, 0.1) is 11.9 Å². The highest BCUT2D eigenvalue weighted by Gasteiger charge is 2.31. The fourth-order valence-corrected chi connectivity index (χ4v) is 6.29. The van der Waals surface area contributed by atoms with Gasteiger partial charge in [0.15, 0.2) is 17.0 Å². The van der Waals surface area contributed by atoms with Crippen LogP contribution < -0.4 is 21.7 Å². The summed E-state index contributed by atoms with van der Waals surface area (Å²) >= 11 is 0. The van der Waals surface area contributed by atoms with E-state index < -0.39 is 17.8 Å². The van der Waals surface area contributed by atoms with Crippen molar-refractivity contribution in [1.29, 1.82) is 0 Å². The Morgan fingerprint density at radius 3 is 2.31 bits per heavy atom. The van der Waals surface area contributed by atoms with Crippen LogP contribution in [-0.2, 0) is 11.0 Å². The molecule has 3 heterocycles. The molecule has 45 heavy (non-hydrogen) atoms. The van der Waals surface area contributed by atoms with E-state index in [0.717, 1.165) is 61.8 Å². The molecular formula is C29H40Cl2F3N9O2. The summed E-state index contributed by atoms with van der Waals surface area (Å²) in [4.78, 5) is 32.2. The molecule has 6 rings (SSSR count). The molecule has 11 nitrogen and oxygen atoms in total. The predicted molar refractivity (Wildman–Crippen MR) is 171 cm³/mol. The molecule has 0 spiro atoms. The Morgan fingerprint density at radius 1 is 0.933 bits per heavy atom. The van der Waals surface area contributed by atoms with Crippen LogP contribution in [0.5, 0.6) is 0 Å². The monoisotopic (exact) mass is 673 g/mol. The zero-order chi connectivity index (χ0) is 30.0. The first-order valence-electron chi connectivity index (χ1n) is 15.2. The third-order valence-corrected chi connectivity index (χ3v) is 8.69. The lowest BCUT2D eigenvalue weighted by atomic mass is 9.92. The topological polar surface area (TPSA) is 135 Å². The zero-order valence-corrected chi connectivity index (χ0v) is 26.4. The van der Waals surface area contributed by atoms with Crippen molar-refractivity contribution < 1.29 is 22.8 Å². The number of alkyl halides is 3. The molecule has 0 atom stereocenters. The second kappa shape index (κ2) is 15.0. The minimum atomic E-state index is -4.50. The summed E-state index contributed by atoms with van der Waals surface area (Å²) in [5.41, 5.74) is 6.84. The normalized spacial score (nSPS) is 21.5. The molecule has 0 unspecified atom stereocenters. The van der Waals surface area contributed by atoms with Gasteiger partial charge in [-0.05, 0) is 69.6 Å². The van der Waals surface area contributed by atoms with Crippen LogP contribution in [0.25, 0.3) is 11.2 Å². The highest BCUT2D eigenvalue weighted by Crippen LogP contribution is 2.34. The van der Waals surface area contributed by atoms with E-state index >= 15 is 0 Å². The Hall–Kier alpha value is -3.07. The first-order valence-corrected chi connectivity index (χ1v) is 15.2. The molecule has 5 N–H and O–H groups in total. The maximum atomic E-state index is 13.0. The number of rotatable bonds is 7. The number of nitrogens with two attached hydrogens (primary N) is 1. The molecule has 1 saturated heterocycles. The highest BCUT2D eigenvalue weighted by molar-refractivity contribution is 5.86. The van der Waals surface area contributed by atoms with Crippen LogP contribution in [0, 0.1) is 0 Å². The number of nitrogens with one attached hydrogen (secondary N) is 3. The lowest BCUT2D eigenvalue weighted by Gasteiger charge is -2.31. The summed E-state index contributed by atoms with van der Waals surface area (Å²) in [6, 6.07) is 5.42. The molecule has 3 fully saturated rings. The van der Waals surface area contributed by atoms with Gasteiger partial charge in [-0.15, -0.1) is 29.9 Å². The number of fused-ring (bicyclic) bond motifs is 1. The fraction of sp³-hybridized carbons (Fsp3) is 0.586. The first-order chi connectivity index (χ1) is 20.7. The van der Waals surface area contributed by atoms with Crippen molar-refractivity contribution in [2.45, 2.75) is 94.6 Å². The quantitative estimate of drug-likeness (QED) is 0.221. The van der Waals surface area contributed by atoms with Crippen LogP contribution in [0.4, 0.5) is 35.4 Å². The second-order valence-corrected chi connectivity index (χ2v) is 11.8. The van der Waals surface area contributed by atoms with Gasteiger partial charge in [-0.3, -0.25) is 5.32 Å². The number of hydroxylamine groups is 2. The average Bonchev–Trinajstić information content (AvgIpc) is 3.65. The Morgan fingerprint density at radius 2 is 1.62 bits per heavy atom. The predicted octanol–water partition coefficient (Wildman–Crippen LogP) is 6.53. The van der Waals surface area contributed by atoms with Crippen LogP contribution in [-0.4, -0.2) is 61.9 Å². The maximum absolute atomic E-state index is 13.0. The number of carbonyl (C=O) groups excluding carboxylic acids is 1. The molecule has 3 aliphatic rings. The smallest absolute Gasteiger partial charge is 0.365 e. The van der Waals surface area contributed by atoms with Crippen molar-refractivity contribution in [3.05, 3.63) is 36.2 Å². The molecule has 2 aliphatic carbocycles. The van der Waals surface area contributed by atoms with E-state index in [0.29, 0.717) is 43.7 Å². The number of aromatic nitrogens is 4. The van der Waals surface area contributed by atoms with Gasteiger partial charge in [-0.1, -0.05) is 18.9 Å². The van der Waals surface area contributed by atoms with E-state index in [1.807, 2.05) is 6.33 Å².